The van der Waals surface area contributed by atoms with E-state index in [0.29, 0.717) is 31.0 Å². The maximum absolute atomic E-state index is 12.7. The van der Waals surface area contributed by atoms with Crippen LogP contribution in [-0.4, -0.2) is 40.8 Å². The Balaban J connectivity index is 1.65. The lowest BCUT2D eigenvalue weighted by molar-refractivity contribution is 0.340. The Hall–Kier alpha value is -1.94. The predicted octanol–water partition coefficient (Wildman–Crippen LogP) is 2.74. The minimum Gasteiger partial charge on any atom is -0.494 e. The van der Waals surface area contributed by atoms with Gasteiger partial charge in [-0.1, -0.05) is 18.6 Å². The van der Waals surface area contributed by atoms with Gasteiger partial charge in [0, 0.05) is 19.6 Å². The van der Waals surface area contributed by atoms with Gasteiger partial charge in [0.1, 0.15) is 5.75 Å². The number of piperidine rings is 1. The Morgan fingerprint density at radius 1 is 0.862 bits per heavy atom. The molecule has 0 bridgehead atoms. The van der Waals surface area contributed by atoms with E-state index in [4.69, 9.17) is 4.74 Å². The lowest BCUT2D eigenvalue weighted by Crippen LogP contribution is -2.35. The molecule has 1 aliphatic rings. The maximum Gasteiger partial charge on any atom is 0.243 e. The quantitative estimate of drug-likeness (QED) is 0.684. The Morgan fingerprint density at radius 2 is 1.45 bits per heavy atom. The highest BCUT2D eigenvalue weighted by atomic mass is 32.2. The summed E-state index contributed by atoms with van der Waals surface area (Å²) in [5, 5.41) is 0. The summed E-state index contributed by atoms with van der Waals surface area (Å²) >= 11 is 0. The summed E-state index contributed by atoms with van der Waals surface area (Å²) in [6, 6.07) is 12.5. The van der Waals surface area contributed by atoms with Crippen molar-refractivity contribution in [1.82, 2.24) is 9.03 Å². The van der Waals surface area contributed by atoms with Crippen LogP contribution in [0.4, 0.5) is 0 Å². The molecule has 158 valence electrons. The van der Waals surface area contributed by atoms with Crippen LogP contribution >= 0.6 is 0 Å². The van der Waals surface area contributed by atoms with E-state index in [1.165, 1.54) is 28.6 Å². The number of hydrogen-bond acceptors (Lipinski definition) is 5. The van der Waals surface area contributed by atoms with Crippen molar-refractivity contribution in [3.8, 4) is 5.75 Å². The van der Waals surface area contributed by atoms with Gasteiger partial charge in [0.15, 0.2) is 0 Å². The minimum atomic E-state index is -3.68. The first-order chi connectivity index (χ1) is 13.8. The van der Waals surface area contributed by atoms with Crippen molar-refractivity contribution in [2.45, 2.75) is 42.5 Å². The zero-order valence-electron chi connectivity index (χ0n) is 16.4. The summed E-state index contributed by atoms with van der Waals surface area (Å²) in [5.74, 6) is 0.608. The molecular weight excluding hydrogens is 412 g/mol. The third-order valence-corrected chi connectivity index (χ3v) is 8.12. The summed E-state index contributed by atoms with van der Waals surface area (Å²) in [5.41, 5.74) is 0.678. The fourth-order valence-electron chi connectivity index (χ4n) is 3.18. The molecule has 29 heavy (non-hydrogen) atoms. The average Bonchev–Trinajstić information content (AvgIpc) is 2.74. The highest BCUT2D eigenvalue weighted by molar-refractivity contribution is 7.89. The second-order valence-corrected chi connectivity index (χ2v) is 10.5. The van der Waals surface area contributed by atoms with Crippen LogP contribution in [0.5, 0.6) is 5.75 Å². The maximum atomic E-state index is 12.7. The van der Waals surface area contributed by atoms with Crippen LogP contribution in [0, 0.1) is 0 Å². The minimum absolute atomic E-state index is 0.0690. The molecule has 1 fully saturated rings. The van der Waals surface area contributed by atoms with E-state index >= 15 is 0 Å². The van der Waals surface area contributed by atoms with Crippen molar-refractivity contribution in [1.29, 1.82) is 0 Å². The molecule has 1 saturated heterocycles. The van der Waals surface area contributed by atoms with Gasteiger partial charge in [-0.15, -0.1) is 0 Å². The molecule has 1 N–H and O–H groups in total. The molecule has 1 aliphatic heterocycles. The molecule has 0 unspecified atom stereocenters. The van der Waals surface area contributed by atoms with Crippen LogP contribution < -0.4 is 9.46 Å². The molecular formula is C20H26N2O5S2. The molecule has 2 aromatic rings. The number of hydrogen-bond donors (Lipinski definition) is 1. The van der Waals surface area contributed by atoms with Gasteiger partial charge < -0.3 is 4.74 Å². The number of benzene rings is 2. The molecule has 0 atom stereocenters. The molecule has 0 aromatic heterocycles. The Labute approximate surface area is 172 Å². The fraction of sp³-hybridized carbons (Fsp3) is 0.400. The number of nitrogens with one attached hydrogen (secondary N) is 1. The SMILES string of the molecule is CCOc1ccc(S(=O)(=O)NCc2ccc(S(=O)(=O)N3CCCCC3)cc2)cc1. The Kier molecular flexibility index (Phi) is 6.94. The zero-order valence-corrected chi connectivity index (χ0v) is 18.0. The average molecular weight is 439 g/mol. The Morgan fingerprint density at radius 3 is 2.03 bits per heavy atom. The number of nitrogens with zero attached hydrogens (tertiary/aromatic N) is 1. The summed E-state index contributed by atoms with van der Waals surface area (Å²) in [6.07, 6.45) is 2.81. The van der Waals surface area contributed by atoms with Crippen molar-refractivity contribution >= 4 is 20.0 Å². The number of rotatable bonds is 8. The van der Waals surface area contributed by atoms with E-state index in [1.807, 2.05) is 6.92 Å². The lowest BCUT2D eigenvalue weighted by Gasteiger charge is -2.25. The van der Waals surface area contributed by atoms with Crippen molar-refractivity contribution in [3.05, 3.63) is 54.1 Å². The summed E-state index contributed by atoms with van der Waals surface area (Å²) in [7, 11) is -7.17. The molecule has 0 spiro atoms. The summed E-state index contributed by atoms with van der Waals surface area (Å²) in [6.45, 7) is 3.53. The lowest BCUT2D eigenvalue weighted by atomic mass is 10.2. The van der Waals surface area contributed by atoms with Gasteiger partial charge in [0.05, 0.1) is 16.4 Å². The predicted molar refractivity (Wildman–Crippen MR) is 111 cm³/mol. The molecule has 0 radical (unpaired) electrons. The smallest absolute Gasteiger partial charge is 0.243 e. The van der Waals surface area contributed by atoms with E-state index in [0.717, 1.165) is 19.3 Å². The topological polar surface area (TPSA) is 92.8 Å². The van der Waals surface area contributed by atoms with Gasteiger partial charge in [-0.2, -0.15) is 4.31 Å². The first-order valence-corrected chi connectivity index (χ1v) is 12.6. The summed E-state index contributed by atoms with van der Waals surface area (Å²) in [4.78, 5) is 0.378. The monoisotopic (exact) mass is 438 g/mol. The summed E-state index contributed by atoms with van der Waals surface area (Å²) < 4.78 is 59.6. The molecule has 1 heterocycles. The van der Waals surface area contributed by atoms with Crippen molar-refractivity contribution in [2.75, 3.05) is 19.7 Å². The molecule has 0 aliphatic carbocycles. The van der Waals surface area contributed by atoms with Gasteiger partial charge in [-0.3, -0.25) is 0 Å². The van der Waals surface area contributed by atoms with Gasteiger partial charge >= 0.3 is 0 Å². The molecule has 2 aromatic carbocycles. The second-order valence-electron chi connectivity index (χ2n) is 6.84. The highest BCUT2D eigenvalue weighted by Crippen LogP contribution is 2.21. The van der Waals surface area contributed by atoms with E-state index < -0.39 is 20.0 Å². The molecule has 0 saturated carbocycles. The van der Waals surface area contributed by atoms with E-state index in [9.17, 15) is 16.8 Å². The zero-order chi connectivity index (χ0) is 20.9. The van der Waals surface area contributed by atoms with Crippen LogP contribution in [0.15, 0.2) is 58.3 Å². The van der Waals surface area contributed by atoms with E-state index in [1.54, 1.807) is 24.3 Å². The Bertz CT molecular complexity index is 1010. The highest BCUT2D eigenvalue weighted by Gasteiger charge is 2.25. The second kappa shape index (κ2) is 9.25. The first-order valence-electron chi connectivity index (χ1n) is 9.64. The van der Waals surface area contributed by atoms with Gasteiger partial charge in [-0.25, -0.2) is 21.6 Å². The van der Waals surface area contributed by atoms with E-state index in [-0.39, 0.29) is 16.3 Å². The van der Waals surface area contributed by atoms with Crippen LogP contribution in [0.1, 0.15) is 31.7 Å². The standard InChI is InChI=1S/C20H26N2O5S2/c1-2-27-18-8-12-19(13-9-18)28(23,24)21-16-17-6-10-20(11-7-17)29(25,26)22-14-4-3-5-15-22/h6-13,21H,2-5,14-16H2,1H3. The molecule has 7 nitrogen and oxygen atoms in total. The van der Waals surface area contributed by atoms with Gasteiger partial charge in [-0.05, 0) is 61.7 Å². The fourth-order valence-corrected chi connectivity index (χ4v) is 5.71. The third kappa shape index (κ3) is 5.36. The van der Waals surface area contributed by atoms with Crippen LogP contribution in [0.25, 0.3) is 0 Å². The largest absolute Gasteiger partial charge is 0.494 e. The van der Waals surface area contributed by atoms with Crippen molar-refractivity contribution < 1.29 is 21.6 Å². The number of sulfonamides is 2. The van der Waals surface area contributed by atoms with Gasteiger partial charge in [0.2, 0.25) is 20.0 Å². The van der Waals surface area contributed by atoms with Crippen molar-refractivity contribution in [3.63, 3.8) is 0 Å². The molecule has 3 rings (SSSR count). The molecule has 0 amide bonds. The first kappa shape index (κ1) is 21.8. The van der Waals surface area contributed by atoms with Gasteiger partial charge in [0.25, 0.3) is 0 Å². The van der Waals surface area contributed by atoms with Crippen molar-refractivity contribution in [2.24, 2.45) is 0 Å². The van der Waals surface area contributed by atoms with Crippen LogP contribution in [0.2, 0.25) is 0 Å². The number of ether oxygens (including phenoxy) is 1. The molecule has 9 heteroatoms. The third-order valence-electron chi connectivity index (χ3n) is 4.79. The normalized spacial score (nSPS) is 15.9. The van der Waals surface area contributed by atoms with E-state index in [2.05, 4.69) is 4.72 Å². The van der Waals surface area contributed by atoms with Crippen LogP contribution in [-0.2, 0) is 26.6 Å². The van der Waals surface area contributed by atoms with Crippen LogP contribution in [0.3, 0.4) is 0 Å².